The van der Waals surface area contributed by atoms with Crippen LogP contribution in [0.5, 0.6) is 0 Å². The van der Waals surface area contributed by atoms with Gasteiger partial charge in [-0.2, -0.15) is 9.78 Å². The van der Waals surface area contributed by atoms with Crippen molar-refractivity contribution >= 4 is 46.4 Å². The van der Waals surface area contributed by atoms with Gasteiger partial charge in [0.15, 0.2) is 0 Å². The Kier molecular flexibility index (Phi) is 5.49. The summed E-state index contributed by atoms with van der Waals surface area (Å²) in [6.45, 7) is 0. The molecule has 0 aliphatic rings. The van der Waals surface area contributed by atoms with E-state index in [0.29, 0.717) is 27.6 Å². The van der Waals surface area contributed by atoms with Crippen molar-refractivity contribution in [1.29, 1.82) is 0 Å². The molecule has 0 spiro atoms. The summed E-state index contributed by atoms with van der Waals surface area (Å²) in [5.74, 6) is 0.306. The van der Waals surface area contributed by atoms with Gasteiger partial charge in [0, 0.05) is 16.9 Å². The van der Waals surface area contributed by atoms with Crippen LogP contribution in [0.3, 0.4) is 0 Å². The molecule has 0 amide bonds. The van der Waals surface area contributed by atoms with Crippen molar-refractivity contribution in [2.45, 2.75) is 0 Å². The predicted octanol–water partition coefficient (Wildman–Crippen LogP) is 5.34. The molecule has 6 heteroatoms. The molecule has 0 aliphatic carbocycles. The lowest BCUT2D eigenvalue weighted by molar-refractivity contribution is 0.831. The lowest BCUT2D eigenvalue weighted by Crippen LogP contribution is -2.21. The number of fused-ring (bicyclic) bond motifs is 1. The minimum absolute atomic E-state index is 0.260. The maximum atomic E-state index is 13.0. The SMILES string of the molecule is O=c1c2ccccc2nc(Nc2cccc(Cl)c2)n1N=CC=Cc1ccccc1. The van der Waals surface area contributed by atoms with Gasteiger partial charge in [-0.25, -0.2) is 4.98 Å². The van der Waals surface area contributed by atoms with Crippen LogP contribution in [0.2, 0.25) is 5.02 Å². The molecule has 0 saturated heterocycles. The van der Waals surface area contributed by atoms with Crippen molar-refractivity contribution in [2.75, 3.05) is 5.32 Å². The third-order valence-electron chi connectivity index (χ3n) is 4.19. The highest BCUT2D eigenvalue weighted by molar-refractivity contribution is 6.30. The topological polar surface area (TPSA) is 59.3 Å². The van der Waals surface area contributed by atoms with Crippen LogP contribution in [-0.4, -0.2) is 15.9 Å². The number of halogens is 1. The summed E-state index contributed by atoms with van der Waals surface area (Å²) in [5.41, 5.74) is 2.08. The van der Waals surface area contributed by atoms with Gasteiger partial charge in [0.25, 0.3) is 5.56 Å². The van der Waals surface area contributed by atoms with E-state index in [4.69, 9.17) is 11.6 Å². The maximum absolute atomic E-state index is 13.0. The summed E-state index contributed by atoms with van der Waals surface area (Å²) in [4.78, 5) is 17.6. The number of hydrogen-bond acceptors (Lipinski definition) is 4. The standard InChI is InChI=1S/C23H17ClN4O/c24-18-11-6-12-19(16-18)26-23-27-21-14-5-4-13-20(21)22(29)28(23)25-15-7-10-17-8-2-1-3-9-17/h1-16H,(H,26,27). The summed E-state index contributed by atoms with van der Waals surface area (Å²) in [7, 11) is 0. The van der Waals surface area contributed by atoms with Crippen LogP contribution in [-0.2, 0) is 0 Å². The molecule has 1 aromatic heterocycles. The van der Waals surface area contributed by atoms with E-state index in [0.717, 1.165) is 5.56 Å². The minimum Gasteiger partial charge on any atom is -0.324 e. The van der Waals surface area contributed by atoms with Gasteiger partial charge in [0.2, 0.25) is 5.95 Å². The quantitative estimate of drug-likeness (QED) is 0.460. The van der Waals surface area contributed by atoms with E-state index in [1.807, 2.05) is 54.6 Å². The summed E-state index contributed by atoms with van der Waals surface area (Å²) in [6, 6.07) is 24.2. The van der Waals surface area contributed by atoms with Crippen molar-refractivity contribution in [1.82, 2.24) is 9.66 Å². The zero-order valence-electron chi connectivity index (χ0n) is 15.4. The molecule has 0 bridgehead atoms. The number of rotatable bonds is 5. The minimum atomic E-state index is -0.260. The van der Waals surface area contributed by atoms with Gasteiger partial charge in [-0.15, -0.1) is 0 Å². The van der Waals surface area contributed by atoms with Crippen LogP contribution in [0.1, 0.15) is 5.56 Å². The second-order valence-electron chi connectivity index (χ2n) is 6.24. The zero-order valence-corrected chi connectivity index (χ0v) is 16.1. The third kappa shape index (κ3) is 4.42. The molecule has 4 aromatic rings. The fourth-order valence-electron chi connectivity index (χ4n) is 2.83. The van der Waals surface area contributed by atoms with Gasteiger partial charge >= 0.3 is 0 Å². The van der Waals surface area contributed by atoms with Gasteiger partial charge in [0.1, 0.15) is 0 Å². The van der Waals surface area contributed by atoms with Gasteiger partial charge < -0.3 is 5.32 Å². The Morgan fingerprint density at radius 3 is 2.59 bits per heavy atom. The molecule has 5 nitrogen and oxygen atoms in total. The Labute approximate surface area is 172 Å². The lowest BCUT2D eigenvalue weighted by atomic mass is 10.2. The van der Waals surface area contributed by atoms with Crippen molar-refractivity contribution in [2.24, 2.45) is 5.10 Å². The molecule has 0 fully saturated rings. The van der Waals surface area contributed by atoms with Crippen LogP contribution in [0.25, 0.3) is 17.0 Å². The molecule has 1 N–H and O–H groups in total. The fraction of sp³-hybridized carbons (Fsp3) is 0. The Morgan fingerprint density at radius 2 is 1.76 bits per heavy atom. The fourth-order valence-corrected chi connectivity index (χ4v) is 3.02. The van der Waals surface area contributed by atoms with Gasteiger partial charge in [-0.1, -0.05) is 66.2 Å². The second-order valence-corrected chi connectivity index (χ2v) is 6.68. The molecular weight excluding hydrogens is 384 g/mol. The van der Waals surface area contributed by atoms with Crippen LogP contribution >= 0.6 is 11.6 Å². The van der Waals surface area contributed by atoms with Gasteiger partial charge in [-0.05, 0) is 42.0 Å². The molecule has 0 aliphatic heterocycles. The smallest absolute Gasteiger partial charge is 0.283 e. The van der Waals surface area contributed by atoms with E-state index < -0.39 is 0 Å². The molecule has 142 valence electrons. The first-order valence-electron chi connectivity index (χ1n) is 9.01. The summed E-state index contributed by atoms with van der Waals surface area (Å²) in [6.07, 6.45) is 5.25. The first-order chi connectivity index (χ1) is 14.2. The number of allylic oxidation sites excluding steroid dienone is 1. The highest BCUT2D eigenvalue weighted by Crippen LogP contribution is 2.20. The number of nitrogens with zero attached hydrogens (tertiary/aromatic N) is 3. The first kappa shape index (κ1) is 18.7. The highest BCUT2D eigenvalue weighted by atomic mass is 35.5. The number of anilines is 2. The molecule has 0 atom stereocenters. The van der Waals surface area contributed by atoms with E-state index >= 15 is 0 Å². The Balaban J connectivity index is 1.74. The Hall–Kier alpha value is -3.70. The molecule has 3 aromatic carbocycles. The summed E-state index contributed by atoms with van der Waals surface area (Å²) < 4.78 is 1.25. The van der Waals surface area contributed by atoms with Crippen molar-refractivity contribution in [3.63, 3.8) is 0 Å². The van der Waals surface area contributed by atoms with E-state index in [-0.39, 0.29) is 5.56 Å². The van der Waals surface area contributed by atoms with Crippen molar-refractivity contribution in [3.8, 4) is 0 Å². The molecule has 1 heterocycles. The van der Waals surface area contributed by atoms with E-state index in [2.05, 4.69) is 15.4 Å². The molecule has 0 saturated carbocycles. The molecule has 4 rings (SSSR count). The third-order valence-corrected chi connectivity index (χ3v) is 4.43. The summed E-state index contributed by atoms with van der Waals surface area (Å²) >= 11 is 6.07. The van der Waals surface area contributed by atoms with Gasteiger partial charge in [-0.3, -0.25) is 4.79 Å². The Morgan fingerprint density at radius 1 is 0.966 bits per heavy atom. The number of aromatic nitrogens is 2. The lowest BCUT2D eigenvalue weighted by Gasteiger charge is -2.11. The van der Waals surface area contributed by atoms with E-state index in [9.17, 15) is 4.79 Å². The summed E-state index contributed by atoms with van der Waals surface area (Å²) in [5, 5.41) is 8.53. The normalized spacial score (nSPS) is 11.5. The van der Waals surface area contributed by atoms with Crippen LogP contribution < -0.4 is 10.9 Å². The highest BCUT2D eigenvalue weighted by Gasteiger charge is 2.10. The zero-order chi connectivity index (χ0) is 20.1. The Bertz CT molecular complexity index is 1260. The first-order valence-corrected chi connectivity index (χ1v) is 9.39. The molecule has 0 radical (unpaired) electrons. The average Bonchev–Trinajstić information content (AvgIpc) is 2.74. The van der Waals surface area contributed by atoms with Crippen LogP contribution in [0, 0.1) is 0 Å². The molecular formula is C23H17ClN4O. The van der Waals surface area contributed by atoms with Crippen LogP contribution in [0.4, 0.5) is 11.6 Å². The number of para-hydroxylation sites is 1. The molecule has 29 heavy (non-hydrogen) atoms. The van der Waals surface area contributed by atoms with E-state index in [1.54, 1.807) is 42.6 Å². The number of hydrogen-bond donors (Lipinski definition) is 1. The molecule has 0 unspecified atom stereocenters. The van der Waals surface area contributed by atoms with E-state index in [1.165, 1.54) is 4.68 Å². The number of nitrogens with one attached hydrogen (secondary N) is 1. The van der Waals surface area contributed by atoms with Crippen molar-refractivity contribution in [3.05, 3.63) is 106 Å². The van der Waals surface area contributed by atoms with Gasteiger partial charge in [0.05, 0.1) is 10.9 Å². The second kappa shape index (κ2) is 8.54. The van der Waals surface area contributed by atoms with Crippen LogP contribution in [0.15, 0.2) is 94.8 Å². The largest absolute Gasteiger partial charge is 0.324 e. The monoisotopic (exact) mass is 400 g/mol. The predicted molar refractivity (Wildman–Crippen MR) is 120 cm³/mol. The average molecular weight is 401 g/mol. The number of benzene rings is 3. The maximum Gasteiger partial charge on any atom is 0.283 e. The van der Waals surface area contributed by atoms with Crippen molar-refractivity contribution < 1.29 is 0 Å².